The lowest BCUT2D eigenvalue weighted by Crippen LogP contribution is -2.29. The Morgan fingerprint density at radius 3 is 2.12 bits per heavy atom. The van der Waals surface area contributed by atoms with Crippen LogP contribution in [-0.4, -0.2) is 13.1 Å². The molecule has 0 amide bonds. The van der Waals surface area contributed by atoms with Gasteiger partial charge in [-0.1, -0.05) is 32.9 Å². The van der Waals surface area contributed by atoms with Crippen LogP contribution < -0.4 is 4.90 Å². The summed E-state index contributed by atoms with van der Waals surface area (Å²) in [7, 11) is 0. The summed E-state index contributed by atoms with van der Waals surface area (Å²) in [6.07, 6.45) is 5.29. The summed E-state index contributed by atoms with van der Waals surface area (Å²) in [5.41, 5.74) is 3.17. The predicted molar refractivity (Wildman–Crippen MR) is 75.8 cm³/mol. The standard InChI is InChI=1S/C16H25N/c1-4-16(2,3)14-8-10-15(11-9-14)17-12-6-5-7-13-17/h8-11H,4-7,12-13H2,1-3H3. The van der Waals surface area contributed by atoms with Gasteiger partial charge in [0, 0.05) is 18.8 Å². The minimum atomic E-state index is 0.306. The maximum absolute atomic E-state index is 2.52. The lowest BCUT2D eigenvalue weighted by atomic mass is 9.82. The third-order valence-electron chi connectivity index (χ3n) is 4.25. The van der Waals surface area contributed by atoms with E-state index in [1.807, 2.05) is 0 Å². The molecule has 94 valence electrons. The fraction of sp³-hybridized carbons (Fsp3) is 0.625. The fourth-order valence-electron chi connectivity index (χ4n) is 2.48. The monoisotopic (exact) mass is 231 g/mol. The molecule has 1 nitrogen and oxygen atoms in total. The molecule has 1 aromatic rings. The van der Waals surface area contributed by atoms with Crippen LogP contribution >= 0.6 is 0 Å². The second-order valence-corrected chi connectivity index (χ2v) is 5.83. The molecule has 0 aliphatic carbocycles. The van der Waals surface area contributed by atoms with Crippen LogP contribution in [0.4, 0.5) is 5.69 Å². The van der Waals surface area contributed by atoms with E-state index in [0.29, 0.717) is 5.41 Å². The molecule has 0 saturated carbocycles. The Bertz CT molecular complexity index is 344. The minimum absolute atomic E-state index is 0.306. The van der Waals surface area contributed by atoms with Crippen LogP contribution in [0.15, 0.2) is 24.3 Å². The van der Waals surface area contributed by atoms with Crippen LogP contribution in [0, 0.1) is 0 Å². The van der Waals surface area contributed by atoms with E-state index in [2.05, 4.69) is 49.9 Å². The summed E-state index contributed by atoms with van der Waals surface area (Å²) in [6, 6.07) is 9.23. The zero-order valence-corrected chi connectivity index (χ0v) is 11.5. The van der Waals surface area contributed by atoms with Crippen LogP contribution in [0.25, 0.3) is 0 Å². The van der Waals surface area contributed by atoms with Crippen LogP contribution in [-0.2, 0) is 5.41 Å². The van der Waals surface area contributed by atoms with Crippen molar-refractivity contribution in [2.75, 3.05) is 18.0 Å². The van der Waals surface area contributed by atoms with Gasteiger partial charge in [-0.2, -0.15) is 0 Å². The lowest BCUT2D eigenvalue weighted by Gasteiger charge is -2.30. The molecule has 0 atom stereocenters. The molecule has 0 unspecified atom stereocenters. The SMILES string of the molecule is CCC(C)(C)c1ccc(N2CCCCC2)cc1. The molecule has 17 heavy (non-hydrogen) atoms. The Hall–Kier alpha value is -0.980. The lowest BCUT2D eigenvalue weighted by molar-refractivity contribution is 0.506. The van der Waals surface area contributed by atoms with Crippen molar-refractivity contribution in [3.63, 3.8) is 0 Å². The first-order chi connectivity index (χ1) is 8.13. The molecule has 0 radical (unpaired) electrons. The van der Waals surface area contributed by atoms with Crippen molar-refractivity contribution in [1.29, 1.82) is 0 Å². The third-order valence-corrected chi connectivity index (χ3v) is 4.25. The van der Waals surface area contributed by atoms with Crippen molar-refractivity contribution < 1.29 is 0 Å². The molecule has 1 saturated heterocycles. The highest BCUT2D eigenvalue weighted by Crippen LogP contribution is 2.29. The minimum Gasteiger partial charge on any atom is -0.372 e. The van der Waals surface area contributed by atoms with Gasteiger partial charge in [-0.05, 0) is 48.8 Å². The molecule has 1 heterocycles. The number of hydrogen-bond donors (Lipinski definition) is 0. The number of anilines is 1. The summed E-state index contributed by atoms with van der Waals surface area (Å²) in [5, 5.41) is 0. The highest BCUT2D eigenvalue weighted by atomic mass is 15.1. The van der Waals surface area contributed by atoms with E-state index in [0.717, 1.165) is 0 Å². The molecule has 1 heteroatoms. The van der Waals surface area contributed by atoms with Crippen molar-refractivity contribution in [2.24, 2.45) is 0 Å². The van der Waals surface area contributed by atoms with Crippen LogP contribution in [0.3, 0.4) is 0 Å². The van der Waals surface area contributed by atoms with E-state index < -0.39 is 0 Å². The van der Waals surface area contributed by atoms with Crippen molar-refractivity contribution in [2.45, 2.75) is 51.9 Å². The Morgan fingerprint density at radius 1 is 1.00 bits per heavy atom. The number of nitrogens with zero attached hydrogens (tertiary/aromatic N) is 1. The van der Waals surface area contributed by atoms with Crippen LogP contribution in [0.1, 0.15) is 52.0 Å². The summed E-state index contributed by atoms with van der Waals surface area (Å²) in [4.78, 5) is 2.52. The maximum Gasteiger partial charge on any atom is 0.0366 e. The molecule has 1 aliphatic heterocycles. The van der Waals surface area contributed by atoms with Gasteiger partial charge in [0.1, 0.15) is 0 Å². The van der Waals surface area contributed by atoms with Gasteiger partial charge in [0.25, 0.3) is 0 Å². The van der Waals surface area contributed by atoms with Crippen LogP contribution in [0.2, 0.25) is 0 Å². The van der Waals surface area contributed by atoms with E-state index in [9.17, 15) is 0 Å². The summed E-state index contributed by atoms with van der Waals surface area (Å²) < 4.78 is 0. The van der Waals surface area contributed by atoms with Crippen molar-refractivity contribution in [1.82, 2.24) is 0 Å². The van der Waals surface area contributed by atoms with Gasteiger partial charge >= 0.3 is 0 Å². The molecule has 1 aliphatic rings. The second kappa shape index (κ2) is 5.12. The molecule has 1 fully saturated rings. The normalized spacial score (nSPS) is 17.2. The second-order valence-electron chi connectivity index (χ2n) is 5.83. The van der Waals surface area contributed by atoms with Crippen molar-refractivity contribution in [3.8, 4) is 0 Å². The molecule has 2 rings (SSSR count). The van der Waals surface area contributed by atoms with E-state index in [-0.39, 0.29) is 0 Å². The molecule has 0 N–H and O–H groups in total. The zero-order chi connectivity index (χ0) is 12.3. The Labute approximate surface area is 106 Å². The molecule has 1 aromatic carbocycles. The Kier molecular flexibility index (Phi) is 3.76. The van der Waals surface area contributed by atoms with Gasteiger partial charge in [0.15, 0.2) is 0 Å². The van der Waals surface area contributed by atoms with Gasteiger partial charge in [0.2, 0.25) is 0 Å². The first kappa shape index (κ1) is 12.5. The Balaban J connectivity index is 2.12. The van der Waals surface area contributed by atoms with Gasteiger partial charge < -0.3 is 4.90 Å². The summed E-state index contributed by atoms with van der Waals surface area (Å²) in [5.74, 6) is 0. The highest BCUT2D eigenvalue weighted by molar-refractivity contribution is 5.48. The molecule has 0 aromatic heterocycles. The van der Waals surface area contributed by atoms with Crippen LogP contribution in [0.5, 0.6) is 0 Å². The molecule has 0 bridgehead atoms. The van der Waals surface area contributed by atoms with E-state index in [1.165, 1.54) is 50.0 Å². The van der Waals surface area contributed by atoms with E-state index in [1.54, 1.807) is 0 Å². The quantitative estimate of drug-likeness (QED) is 0.747. The molecule has 0 spiro atoms. The summed E-state index contributed by atoms with van der Waals surface area (Å²) in [6.45, 7) is 9.37. The van der Waals surface area contributed by atoms with Crippen molar-refractivity contribution in [3.05, 3.63) is 29.8 Å². The van der Waals surface area contributed by atoms with Gasteiger partial charge in [-0.25, -0.2) is 0 Å². The average Bonchev–Trinajstić information content (AvgIpc) is 2.40. The van der Waals surface area contributed by atoms with Gasteiger partial charge in [-0.3, -0.25) is 0 Å². The van der Waals surface area contributed by atoms with E-state index in [4.69, 9.17) is 0 Å². The number of piperidine rings is 1. The van der Waals surface area contributed by atoms with E-state index >= 15 is 0 Å². The smallest absolute Gasteiger partial charge is 0.0366 e. The fourth-order valence-corrected chi connectivity index (χ4v) is 2.48. The number of benzene rings is 1. The highest BCUT2D eigenvalue weighted by Gasteiger charge is 2.18. The topological polar surface area (TPSA) is 3.24 Å². The molecular weight excluding hydrogens is 206 g/mol. The maximum atomic E-state index is 2.52. The number of rotatable bonds is 3. The zero-order valence-electron chi connectivity index (χ0n) is 11.5. The van der Waals surface area contributed by atoms with Gasteiger partial charge in [0.05, 0.1) is 0 Å². The molecular formula is C16H25N. The van der Waals surface area contributed by atoms with Crippen molar-refractivity contribution >= 4 is 5.69 Å². The largest absolute Gasteiger partial charge is 0.372 e. The summed E-state index contributed by atoms with van der Waals surface area (Å²) >= 11 is 0. The Morgan fingerprint density at radius 2 is 1.59 bits per heavy atom. The first-order valence-corrected chi connectivity index (χ1v) is 6.99. The average molecular weight is 231 g/mol. The first-order valence-electron chi connectivity index (χ1n) is 6.99. The number of hydrogen-bond acceptors (Lipinski definition) is 1. The third kappa shape index (κ3) is 2.83. The predicted octanol–water partition coefficient (Wildman–Crippen LogP) is 4.36. The van der Waals surface area contributed by atoms with Gasteiger partial charge in [-0.15, -0.1) is 0 Å².